The number of thioether (sulfide) groups is 1. The Morgan fingerprint density at radius 3 is 2.64 bits per heavy atom. The highest BCUT2D eigenvalue weighted by Gasteiger charge is 2.20. The fraction of sp³-hybridized carbons (Fsp3) is 0.188. The summed E-state index contributed by atoms with van der Waals surface area (Å²) >= 11 is 1.25. The molecule has 3 aromatic rings. The van der Waals surface area contributed by atoms with Crippen LogP contribution in [0, 0.1) is 6.92 Å². The number of carbonyl (C=O) groups excluding carboxylic acids is 1. The van der Waals surface area contributed by atoms with E-state index < -0.39 is 0 Å². The minimum absolute atomic E-state index is 0.0323. The Morgan fingerprint density at radius 2 is 1.95 bits per heavy atom. The van der Waals surface area contributed by atoms with Crippen molar-refractivity contribution in [2.75, 3.05) is 0 Å². The highest BCUT2D eigenvalue weighted by Crippen LogP contribution is 2.29. The largest absolute Gasteiger partial charge is 0.469 e. The summed E-state index contributed by atoms with van der Waals surface area (Å²) in [4.78, 5) is 12.3. The SMILES string of the molecule is Cc1occc1-c1nnc(S[C@H](C)C(=O)c2ccccc2)o1. The molecule has 0 bridgehead atoms. The third kappa shape index (κ3) is 2.96. The number of hydrogen-bond donors (Lipinski definition) is 0. The number of aromatic nitrogens is 2. The predicted octanol–water partition coefficient (Wildman–Crippen LogP) is 4.00. The predicted molar refractivity (Wildman–Crippen MR) is 82.8 cm³/mol. The summed E-state index contributed by atoms with van der Waals surface area (Å²) in [6.07, 6.45) is 1.57. The van der Waals surface area contributed by atoms with Gasteiger partial charge >= 0.3 is 0 Å². The van der Waals surface area contributed by atoms with Gasteiger partial charge in [-0.2, -0.15) is 0 Å². The van der Waals surface area contributed by atoms with Gasteiger partial charge in [0.2, 0.25) is 0 Å². The van der Waals surface area contributed by atoms with Gasteiger partial charge < -0.3 is 8.83 Å². The smallest absolute Gasteiger partial charge is 0.277 e. The number of hydrogen-bond acceptors (Lipinski definition) is 6. The molecule has 2 heterocycles. The standard InChI is InChI=1S/C16H14N2O3S/c1-10-13(8-9-20-10)15-17-18-16(21-15)22-11(2)14(19)12-6-4-3-5-7-12/h3-9,11H,1-2H3/t11-/m1/s1. The van der Waals surface area contributed by atoms with E-state index in [0.29, 0.717) is 22.4 Å². The second-order valence-corrected chi connectivity index (χ2v) is 6.05. The second kappa shape index (κ2) is 6.19. The molecule has 0 aliphatic rings. The summed E-state index contributed by atoms with van der Waals surface area (Å²) in [5.41, 5.74) is 1.44. The zero-order valence-corrected chi connectivity index (χ0v) is 13.0. The van der Waals surface area contributed by atoms with E-state index in [1.807, 2.05) is 32.0 Å². The van der Waals surface area contributed by atoms with Gasteiger partial charge in [0.05, 0.1) is 17.1 Å². The van der Waals surface area contributed by atoms with Gasteiger partial charge in [-0.25, -0.2) is 0 Å². The van der Waals surface area contributed by atoms with E-state index >= 15 is 0 Å². The van der Waals surface area contributed by atoms with Crippen molar-refractivity contribution in [3.05, 3.63) is 54.0 Å². The van der Waals surface area contributed by atoms with Crippen molar-refractivity contribution < 1.29 is 13.6 Å². The molecule has 0 aliphatic heterocycles. The van der Waals surface area contributed by atoms with Gasteiger partial charge in [0.1, 0.15) is 5.76 Å². The van der Waals surface area contributed by atoms with Crippen molar-refractivity contribution in [2.45, 2.75) is 24.3 Å². The van der Waals surface area contributed by atoms with Gasteiger partial charge in [-0.15, -0.1) is 10.2 Å². The van der Waals surface area contributed by atoms with E-state index in [1.165, 1.54) is 11.8 Å². The molecule has 1 atom stereocenters. The molecule has 112 valence electrons. The molecule has 0 amide bonds. The van der Waals surface area contributed by atoms with Crippen molar-refractivity contribution in [1.82, 2.24) is 10.2 Å². The highest BCUT2D eigenvalue weighted by molar-refractivity contribution is 8.00. The Hall–Kier alpha value is -2.34. The summed E-state index contributed by atoms with van der Waals surface area (Å²) < 4.78 is 10.8. The maximum Gasteiger partial charge on any atom is 0.277 e. The molecule has 0 unspecified atom stereocenters. The van der Waals surface area contributed by atoms with Crippen LogP contribution in [0.1, 0.15) is 23.0 Å². The van der Waals surface area contributed by atoms with Gasteiger partial charge in [-0.3, -0.25) is 4.79 Å². The van der Waals surface area contributed by atoms with Crippen LogP contribution in [0.3, 0.4) is 0 Å². The van der Waals surface area contributed by atoms with Crippen LogP contribution < -0.4 is 0 Å². The lowest BCUT2D eigenvalue weighted by Gasteiger charge is -2.06. The molecular formula is C16H14N2O3S. The Morgan fingerprint density at radius 1 is 1.18 bits per heavy atom. The minimum atomic E-state index is -0.304. The molecule has 0 radical (unpaired) electrons. The van der Waals surface area contributed by atoms with Crippen molar-refractivity contribution in [3.63, 3.8) is 0 Å². The summed E-state index contributed by atoms with van der Waals surface area (Å²) in [6, 6.07) is 10.9. The van der Waals surface area contributed by atoms with Crippen LogP contribution in [0.4, 0.5) is 0 Å². The Bertz CT molecular complexity index is 780. The first-order chi connectivity index (χ1) is 10.6. The highest BCUT2D eigenvalue weighted by atomic mass is 32.2. The van der Waals surface area contributed by atoms with E-state index in [9.17, 15) is 4.79 Å². The number of rotatable bonds is 5. The van der Waals surface area contributed by atoms with Gasteiger partial charge in [0.25, 0.3) is 11.1 Å². The molecule has 3 rings (SSSR count). The number of Topliss-reactive ketones (excluding diaryl/α,β-unsaturated/α-hetero) is 1. The Labute approximate surface area is 131 Å². The summed E-state index contributed by atoms with van der Waals surface area (Å²) in [5, 5.41) is 8.04. The second-order valence-electron chi connectivity index (χ2n) is 4.75. The van der Waals surface area contributed by atoms with Crippen LogP contribution >= 0.6 is 11.8 Å². The van der Waals surface area contributed by atoms with Gasteiger partial charge in [0.15, 0.2) is 5.78 Å². The average Bonchev–Trinajstić information content (AvgIpc) is 3.16. The monoisotopic (exact) mass is 314 g/mol. The molecule has 0 spiro atoms. The molecule has 1 aromatic carbocycles. The summed E-state index contributed by atoms with van der Waals surface area (Å²) in [5.74, 6) is 1.14. The van der Waals surface area contributed by atoms with E-state index in [1.54, 1.807) is 24.5 Å². The first kappa shape index (κ1) is 14.6. The average molecular weight is 314 g/mol. The molecular weight excluding hydrogens is 300 g/mol. The molecule has 0 aliphatic carbocycles. The lowest BCUT2D eigenvalue weighted by atomic mass is 10.1. The maximum absolute atomic E-state index is 12.3. The van der Waals surface area contributed by atoms with Crippen molar-refractivity contribution in [2.24, 2.45) is 0 Å². The quantitative estimate of drug-likeness (QED) is 0.523. The van der Waals surface area contributed by atoms with E-state index in [0.717, 1.165) is 5.56 Å². The number of nitrogens with zero attached hydrogens (tertiary/aromatic N) is 2. The van der Waals surface area contributed by atoms with Gasteiger partial charge in [-0.05, 0) is 19.9 Å². The molecule has 6 heteroatoms. The van der Waals surface area contributed by atoms with Crippen LogP contribution in [0.25, 0.3) is 11.5 Å². The molecule has 22 heavy (non-hydrogen) atoms. The maximum atomic E-state index is 12.3. The Balaban J connectivity index is 1.73. The van der Waals surface area contributed by atoms with E-state index in [4.69, 9.17) is 8.83 Å². The summed E-state index contributed by atoms with van der Waals surface area (Å²) in [6.45, 7) is 3.65. The fourth-order valence-corrected chi connectivity index (χ4v) is 2.78. The summed E-state index contributed by atoms with van der Waals surface area (Å²) in [7, 11) is 0. The zero-order valence-electron chi connectivity index (χ0n) is 12.1. The molecule has 0 N–H and O–H groups in total. The van der Waals surface area contributed by atoms with Crippen molar-refractivity contribution in [1.29, 1.82) is 0 Å². The third-order valence-corrected chi connectivity index (χ3v) is 4.14. The first-order valence-corrected chi connectivity index (χ1v) is 7.67. The lowest BCUT2D eigenvalue weighted by Crippen LogP contribution is -2.13. The number of carbonyl (C=O) groups is 1. The number of aryl methyl sites for hydroxylation is 1. The van der Waals surface area contributed by atoms with Crippen molar-refractivity contribution >= 4 is 17.5 Å². The van der Waals surface area contributed by atoms with Crippen LogP contribution in [0.15, 0.2) is 56.7 Å². The lowest BCUT2D eigenvalue weighted by molar-refractivity contribution is 0.0993. The zero-order chi connectivity index (χ0) is 15.5. The molecule has 0 fully saturated rings. The molecule has 2 aromatic heterocycles. The number of ketones is 1. The van der Waals surface area contributed by atoms with Crippen LogP contribution in [0.2, 0.25) is 0 Å². The van der Waals surface area contributed by atoms with E-state index in [2.05, 4.69) is 10.2 Å². The van der Waals surface area contributed by atoms with E-state index in [-0.39, 0.29) is 11.0 Å². The van der Waals surface area contributed by atoms with Crippen LogP contribution in [-0.2, 0) is 0 Å². The normalized spacial score (nSPS) is 12.3. The molecule has 0 saturated heterocycles. The van der Waals surface area contributed by atoms with Gasteiger partial charge in [0, 0.05) is 5.56 Å². The van der Waals surface area contributed by atoms with Crippen LogP contribution in [0.5, 0.6) is 0 Å². The van der Waals surface area contributed by atoms with Crippen molar-refractivity contribution in [3.8, 4) is 11.5 Å². The first-order valence-electron chi connectivity index (χ1n) is 6.79. The minimum Gasteiger partial charge on any atom is -0.469 e. The molecule has 0 saturated carbocycles. The van der Waals surface area contributed by atoms with Crippen LogP contribution in [-0.4, -0.2) is 21.2 Å². The number of furan rings is 1. The topological polar surface area (TPSA) is 69.1 Å². The molecule has 5 nitrogen and oxygen atoms in total. The fourth-order valence-electron chi connectivity index (χ4n) is 2.01. The Kier molecular flexibility index (Phi) is 4.11. The van der Waals surface area contributed by atoms with Gasteiger partial charge in [-0.1, -0.05) is 42.1 Å². The third-order valence-electron chi connectivity index (χ3n) is 3.20. The number of benzene rings is 1.